The molecule has 8 nitrogen and oxygen atoms in total. The molecule has 1 unspecified atom stereocenters. The number of hydrogen-bond donors (Lipinski definition) is 2. The molecule has 1 saturated heterocycles. The van der Waals surface area contributed by atoms with E-state index in [2.05, 4.69) is 25.6 Å². The van der Waals surface area contributed by atoms with Crippen molar-refractivity contribution in [1.82, 2.24) is 20.3 Å². The Balaban J connectivity index is 1.61. The molecular formula is C15H17N5O3S. The molecule has 0 aliphatic carbocycles. The Kier molecular flexibility index (Phi) is 4.70. The normalized spacial score (nSPS) is 18.9. The molecule has 0 aromatic carbocycles. The van der Waals surface area contributed by atoms with Gasteiger partial charge in [0.05, 0.1) is 23.7 Å². The van der Waals surface area contributed by atoms with Crippen LogP contribution in [0.3, 0.4) is 0 Å². The van der Waals surface area contributed by atoms with Crippen LogP contribution in [0.4, 0.5) is 5.95 Å². The first-order chi connectivity index (χ1) is 11.5. The number of anilines is 1. The van der Waals surface area contributed by atoms with Crippen molar-refractivity contribution in [3.05, 3.63) is 48.0 Å². The summed E-state index contributed by atoms with van der Waals surface area (Å²) in [6.45, 7) is 0.437. The first kappa shape index (κ1) is 16.3. The molecule has 0 spiro atoms. The molecule has 1 aliphatic heterocycles. The number of hydrogen-bond acceptors (Lipinski definition) is 7. The van der Waals surface area contributed by atoms with Crippen LogP contribution in [0.5, 0.6) is 0 Å². The van der Waals surface area contributed by atoms with Crippen LogP contribution in [0.2, 0.25) is 0 Å². The van der Waals surface area contributed by atoms with Crippen molar-refractivity contribution in [3.63, 3.8) is 0 Å². The van der Waals surface area contributed by atoms with Gasteiger partial charge in [-0.1, -0.05) is 6.07 Å². The van der Waals surface area contributed by atoms with E-state index in [0.717, 1.165) is 5.69 Å². The number of nitrogens with one attached hydrogen (secondary N) is 2. The zero-order valence-corrected chi connectivity index (χ0v) is 13.7. The Morgan fingerprint density at radius 2 is 2.08 bits per heavy atom. The van der Waals surface area contributed by atoms with Gasteiger partial charge in [-0.25, -0.2) is 18.4 Å². The molecule has 2 N–H and O–H groups in total. The zero-order valence-electron chi connectivity index (χ0n) is 12.8. The monoisotopic (exact) mass is 347 g/mol. The number of pyridine rings is 1. The Bertz CT molecular complexity index is 826. The quantitative estimate of drug-likeness (QED) is 0.804. The van der Waals surface area contributed by atoms with Crippen LogP contribution in [0, 0.1) is 0 Å². The lowest BCUT2D eigenvalue weighted by atomic mass is 10.2. The molecule has 24 heavy (non-hydrogen) atoms. The molecule has 0 bridgehead atoms. The topological polar surface area (TPSA) is 114 Å². The zero-order chi connectivity index (χ0) is 17.0. The molecular weight excluding hydrogens is 330 g/mol. The van der Waals surface area contributed by atoms with E-state index in [9.17, 15) is 13.2 Å². The highest BCUT2D eigenvalue weighted by Gasteiger charge is 2.29. The minimum atomic E-state index is -3.04. The van der Waals surface area contributed by atoms with Gasteiger partial charge in [-0.2, -0.15) is 0 Å². The van der Waals surface area contributed by atoms with Gasteiger partial charge in [-0.3, -0.25) is 9.78 Å². The van der Waals surface area contributed by atoms with Gasteiger partial charge in [-0.05, 0) is 24.6 Å². The summed E-state index contributed by atoms with van der Waals surface area (Å²) in [4.78, 5) is 24.6. The fourth-order valence-corrected chi connectivity index (χ4v) is 4.08. The van der Waals surface area contributed by atoms with E-state index in [4.69, 9.17) is 0 Å². The molecule has 1 atom stereocenters. The number of nitrogens with zero attached hydrogens (tertiary/aromatic N) is 3. The van der Waals surface area contributed by atoms with Gasteiger partial charge in [0, 0.05) is 18.4 Å². The molecule has 3 rings (SSSR count). The highest BCUT2D eigenvalue weighted by Crippen LogP contribution is 2.12. The second-order valence-electron chi connectivity index (χ2n) is 5.51. The number of amides is 1. The van der Waals surface area contributed by atoms with Crippen LogP contribution in [-0.2, 0) is 16.4 Å². The van der Waals surface area contributed by atoms with Crippen LogP contribution in [0.25, 0.3) is 0 Å². The Morgan fingerprint density at radius 3 is 2.79 bits per heavy atom. The third kappa shape index (κ3) is 4.25. The van der Waals surface area contributed by atoms with Gasteiger partial charge in [0.25, 0.3) is 5.91 Å². The number of carbonyl (C=O) groups excluding carboxylic acids is 1. The number of aromatic nitrogens is 3. The highest BCUT2D eigenvalue weighted by molar-refractivity contribution is 7.91. The molecule has 9 heteroatoms. The molecule has 0 saturated carbocycles. The molecule has 126 valence electrons. The number of rotatable bonds is 5. The van der Waals surface area contributed by atoms with Gasteiger partial charge in [0.15, 0.2) is 9.84 Å². The van der Waals surface area contributed by atoms with E-state index in [-0.39, 0.29) is 23.2 Å². The van der Waals surface area contributed by atoms with Crippen molar-refractivity contribution in [2.45, 2.75) is 19.0 Å². The van der Waals surface area contributed by atoms with Crippen molar-refractivity contribution in [3.8, 4) is 0 Å². The molecule has 3 heterocycles. The van der Waals surface area contributed by atoms with Crippen LogP contribution < -0.4 is 10.6 Å². The van der Waals surface area contributed by atoms with E-state index < -0.39 is 15.7 Å². The van der Waals surface area contributed by atoms with Crippen molar-refractivity contribution >= 4 is 21.7 Å². The molecule has 2 aromatic heterocycles. The average molecular weight is 347 g/mol. The van der Waals surface area contributed by atoms with Crippen LogP contribution >= 0.6 is 0 Å². The van der Waals surface area contributed by atoms with Crippen molar-refractivity contribution in [2.24, 2.45) is 0 Å². The Morgan fingerprint density at radius 1 is 1.21 bits per heavy atom. The lowest BCUT2D eigenvalue weighted by molar-refractivity contribution is 0.0936. The van der Waals surface area contributed by atoms with E-state index in [1.165, 1.54) is 12.3 Å². The van der Waals surface area contributed by atoms with E-state index >= 15 is 0 Å². The third-order valence-electron chi connectivity index (χ3n) is 3.61. The molecule has 2 aromatic rings. The summed E-state index contributed by atoms with van der Waals surface area (Å²) in [6.07, 6.45) is 3.61. The van der Waals surface area contributed by atoms with E-state index in [1.54, 1.807) is 6.20 Å². The maximum atomic E-state index is 12.2. The van der Waals surface area contributed by atoms with E-state index in [1.807, 2.05) is 18.2 Å². The maximum Gasteiger partial charge on any atom is 0.270 e. The summed E-state index contributed by atoms with van der Waals surface area (Å²) in [5.41, 5.74) is 1.02. The Labute approximate surface area is 139 Å². The molecule has 1 aliphatic rings. The lowest BCUT2D eigenvalue weighted by Crippen LogP contribution is -2.36. The Hall–Kier alpha value is -2.55. The minimum absolute atomic E-state index is 0.0192. The first-order valence-electron chi connectivity index (χ1n) is 7.50. The fourth-order valence-electron chi connectivity index (χ4n) is 2.41. The van der Waals surface area contributed by atoms with Crippen molar-refractivity contribution in [1.29, 1.82) is 0 Å². The molecule has 0 radical (unpaired) electrons. The van der Waals surface area contributed by atoms with Crippen molar-refractivity contribution < 1.29 is 13.2 Å². The van der Waals surface area contributed by atoms with Crippen LogP contribution in [0.15, 0.2) is 36.7 Å². The SMILES string of the molecule is O=C(NC1CCS(=O)(=O)C1)c1ccnc(NCc2ccccn2)n1. The minimum Gasteiger partial charge on any atom is -0.349 e. The summed E-state index contributed by atoms with van der Waals surface area (Å²) in [6, 6.07) is 6.70. The van der Waals surface area contributed by atoms with Gasteiger partial charge < -0.3 is 10.6 Å². The second kappa shape index (κ2) is 6.91. The fraction of sp³-hybridized carbons (Fsp3) is 0.333. The highest BCUT2D eigenvalue weighted by atomic mass is 32.2. The third-order valence-corrected chi connectivity index (χ3v) is 5.38. The number of sulfone groups is 1. The summed E-state index contributed by atoms with van der Waals surface area (Å²) >= 11 is 0. The van der Waals surface area contributed by atoms with Crippen LogP contribution in [-0.4, -0.2) is 46.8 Å². The summed E-state index contributed by atoms with van der Waals surface area (Å²) in [5.74, 6) is 0.000423. The number of carbonyl (C=O) groups is 1. The largest absolute Gasteiger partial charge is 0.349 e. The molecule has 1 fully saturated rings. The molecule has 1 amide bonds. The predicted molar refractivity (Wildman–Crippen MR) is 88.1 cm³/mol. The van der Waals surface area contributed by atoms with Crippen LogP contribution in [0.1, 0.15) is 22.6 Å². The summed E-state index contributed by atoms with van der Waals surface area (Å²) < 4.78 is 22.9. The van der Waals surface area contributed by atoms with E-state index in [0.29, 0.717) is 18.9 Å². The first-order valence-corrected chi connectivity index (χ1v) is 9.32. The van der Waals surface area contributed by atoms with Gasteiger partial charge >= 0.3 is 0 Å². The smallest absolute Gasteiger partial charge is 0.270 e. The lowest BCUT2D eigenvalue weighted by Gasteiger charge is -2.11. The standard InChI is InChI=1S/C15H17N5O3S/c21-14(19-12-5-8-24(22,23)10-12)13-4-7-17-15(20-13)18-9-11-3-1-2-6-16-11/h1-4,6-7,12H,5,8-10H2,(H,19,21)(H,17,18,20). The second-order valence-corrected chi connectivity index (χ2v) is 7.74. The summed E-state index contributed by atoms with van der Waals surface area (Å²) in [5, 5.41) is 5.71. The van der Waals surface area contributed by atoms with Gasteiger partial charge in [-0.15, -0.1) is 0 Å². The van der Waals surface area contributed by atoms with Gasteiger partial charge in [0.2, 0.25) is 5.95 Å². The van der Waals surface area contributed by atoms with Crippen molar-refractivity contribution in [2.75, 3.05) is 16.8 Å². The predicted octanol–water partition coefficient (Wildman–Crippen LogP) is 0.401. The van der Waals surface area contributed by atoms with Gasteiger partial charge in [0.1, 0.15) is 5.69 Å². The average Bonchev–Trinajstić information content (AvgIpc) is 2.93. The summed E-state index contributed by atoms with van der Waals surface area (Å²) in [7, 11) is -3.04. The maximum absolute atomic E-state index is 12.2.